The minimum Gasteiger partial charge on any atom is -0.396 e. The van der Waals surface area contributed by atoms with E-state index in [1.54, 1.807) is 12.4 Å². The molecule has 1 rings (SSSR count). The molecule has 0 aromatic carbocycles. The maximum absolute atomic E-state index is 8.63. The molecule has 1 aromatic rings. The molecule has 0 aliphatic carbocycles. The zero-order valence-corrected chi connectivity index (χ0v) is 7.25. The number of aliphatic hydroxyl groups is 1. The quantitative estimate of drug-likeness (QED) is 0.593. The second kappa shape index (κ2) is 4.90. The molecule has 1 unspecified atom stereocenters. The Bertz CT molecular complexity index is 198. The molecule has 4 nitrogen and oxygen atoms in total. The largest absolute Gasteiger partial charge is 0.396 e. The fourth-order valence-corrected chi connectivity index (χ4v) is 0.961. The van der Waals surface area contributed by atoms with E-state index in [1.165, 1.54) is 0 Å². The van der Waals surface area contributed by atoms with Crippen LogP contribution in [0.3, 0.4) is 0 Å². The number of rotatable bonds is 5. The molecule has 0 saturated carbocycles. The molecule has 4 heteroatoms. The summed E-state index contributed by atoms with van der Waals surface area (Å²) in [6, 6.07) is 0.333. The summed E-state index contributed by atoms with van der Waals surface area (Å²) in [6.07, 6.45) is 4.31. The number of imidazole rings is 1. The summed E-state index contributed by atoms with van der Waals surface area (Å²) in [5.74, 6) is 0.930. The van der Waals surface area contributed by atoms with Crippen LogP contribution in [0.5, 0.6) is 0 Å². The molecular weight excluding hydrogens is 154 g/mol. The van der Waals surface area contributed by atoms with E-state index >= 15 is 0 Å². The molecular formula is C8H15N3O. The summed E-state index contributed by atoms with van der Waals surface area (Å²) in [5.41, 5.74) is 0. The topological polar surface area (TPSA) is 60.9 Å². The number of aromatic amines is 1. The van der Waals surface area contributed by atoms with Crippen LogP contribution in [0, 0.1) is 0 Å². The van der Waals surface area contributed by atoms with Gasteiger partial charge < -0.3 is 15.4 Å². The third-order valence-corrected chi connectivity index (χ3v) is 1.73. The van der Waals surface area contributed by atoms with Crippen molar-refractivity contribution in [3.05, 3.63) is 18.2 Å². The van der Waals surface area contributed by atoms with Gasteiger partial charge in [-0.1, -0.05) is 0 Å². The monoisotopic (exact) mass is 169 g/mol. The Hall–Kier alpha value is -0.870. The minimum atomic E-state index is 0.228. The Balaban J connectivity index is 2.17. The Morgan fingerprint density at radius 2 is 2.58 bits per heavy atom. The second-order valence-electron chi connectivity index (χ2n) is 2.83. The van der Waals surface area contributed by atoms with Gasteiger partial charge in [0.2, 0.25) is 0 Å². The Kier molecular flexibility index (Phi) is 3.76. The molecule has 0 fully saturated rings. The highest BCUT2D eigenvalue weighted by Crippen LogP contribution is 1.92. The van der Waals surface area contributed by atoms with Gasteiger partial charge in [0.25, 0.3) is 0 Å². The molecule has 0 aliphatic rings. The molecule has 3 N–H and O–H groups in total. The number of aliphatic hydroxyl groups excluding tert-OH is 1. The molecule has 1 heterocycles. The number of aromatic nitrogens is 2. The van der Waals surface area contributed by atoms with E-state index < -0.39 is 0 Å². The summed E-state index contributed by atoms with van der Waals surface area (Å²) in [6.45, 7) is 3.00. The zero-order chi connectivity index (χ0) is 8.81. The van der Waals surface area contributed by atoms with Gasteiger partial charge in [0.05, 0.1) is 6.54 Å². The van der Waals surface area contributed by atoms with E-state index in [0.717, 1.165) is 18.8 Å². The van der Waals surface area contributed by atoms with Crippen LogP contribution in [0.4, 0.5) is 0 Å². The van der Waals surface area contributed by atoms with Gasteiger partial charge in [-0.05, 0) is 13.3 Å². The van der Waals surface area contributed by atoms with Crippen LogP contribution in [0.1, 0.15) is 19.2 Å². The third-order valence-electron chi connectivity index (χ3n) is 1.73. The first-order valence-electron chi connectivity index (χ1n) is 4.15. The summed E-state index contributed by atoms with van der Waals surface area (Å²) in [4.78, 5) is 7.07. The molecule has 0 radical (unpaired) electrons. The van der Waals surface area contributed by atoms with E-state index in [0.29, 0.717) is 6.04 Å². The maximum atomic E-state index is 8.63. The van der Waals surface area contributed by atoms with Crippen LogP contribution in [-0.2, 0) is 6.54 Å². The van der Waals surface area contributed by atoms with Crippen LogP contribution in [0.15, 0.2) is 12.4 Å². The molecule has 0 bridgehead atoms. The third kappa shape index (κ3) is 3.02. The fraction of sp³-hybridized carbons (Fsp3) is 0.625. The van der Waals surface area contributed by atoms with Gasteiger partial charge in [-0.3, -0.25) is 0 Å². The number of hydrogen-bond acceptors (Lipinski definition) is 3. The predicted octanol–water partition coefficient (Wildman–Crippen LogP) is 0.270. The average molecular weight is 169 g/mol. The van der Waals surface area contributed by atoms with Crippen molar-refractivity contribution in [1.82, 2.24) is 15.3 Å². The van der Waals surface area contributed by atoms with E-state index in [1.807, 2.05) is 6.92 Å². The predicted molar refractivity (Wildman–Crippen MR) is 46.6 cm³/mol. The molecule has 1 atom stereocenters. The number of hydrogen-bond donors (Lipinski definition) is 3. The highest BCUT2D eigenvalue weighted by molar-refractivity contribution is 4.86. The van der Waals surface area contributed by atoms with Crippen molar-refractivity contribution < 1.29 is 5.11 Å². The van der Waals surface area contributed by atoms with E-state index in [9.17, 15) is 0 Å². The van der Waals surface area contributed by atoms with Gasteiger partial charge in [0.15, 0.2) is 0 Å². The molecule has 68 valence electrons. The summed E-state index contributed by atoms with van der Waals surface area (Å²) >= 11 is 0. The number of nitrogens with one attached hydrogen (secondary N) is 2. The van der Waals surface area contributed by atoms with Crippen LogP contribution in [0.25, 0.3) is 0 Å². The van der Waals surface area contributed by atoms with Crippen molar-refractivity contribution in [2.75, 3.05) is 6.61 Å². The lowest BCUT2D eigenvalue weighted by Gasteiger charge is -2.10. The van der Waals surface area contributed by atoms with Gasteiger partial charge in [-0.2, -0.15) is 0 Å². The van der Waals surface area contributed by atoms with E-state index in [-0.39, 0.29) is 6.61 Å². The van der Waals surface area contributed by atoms with Gasteiger partial charge >= 0.3 is 0 Å². The summed E-state index contributed by atoms with van der Waals surface area (Å²) < 4.78 is 0. The second-order valence-corrected chi connectivity index (χ2v) is 2.83. The van der Waals surface area contributed by atoms with Crippen molar-refractivity contribution in [1.29, 1.82) is 0 Å². The maximum Gasteiger partial charge on any atom is 0.120 e. The van der Waals surface area contributed by atoms with Crippen LogP contribution >= 0.6 is 0 Å². The summed E-state index contributed by atoms with van der Waals surface area (Å²) in [5, 5.41) is 11.9. The lowest BCUT2D eigenvalue weighted by atomic mass is 10.2. The zero-order valence-electron chi connectivity index (χ0n) is 7.25. The van der Waals surface area contributed by atoms with Crippen LogP contribution in [-0.4, -0.2) is 27.7 Å². The van der Waals surface area contributed by atoms with Crippen LogP contribution in [0.2, 0.25) is 0 Å². The minimum absolute atomic E-state index is 0.228. The standard InChI is InChI=1S/C8H15N3O/c1-7(2-5-12)11-6-8-9-3-4-10-8/h3-4,7,11-12H,2,5-6H2,1H3,(H,9,10). The first kappa shape index (κ1) is 9.22. The Labute approximate surface area is 72.0 Å². The average Bonchev–Trinajstić information content (AvgIpc) is 2.53. The van der Waals surface area contributed by atoms with Gasteiger partial charge in [0, 0.05) is 25.0 Å². The molecule has 0 amide bonds. The van der Waals surface area contributed by atoms with Crippen molar-refractivity contribution >= 4 is 0 Å². The lowest BCUT2D eigenvalue weighted by molar-refractivity contribution is 0.268. The number of nitrogens with zero attached hydrogens (tertiary/aromatic N) is 1. The fourth-order valence-electron chi connectivity index (χ4n) is 0.961. The van der Waals surface area contributed by atoms with Crippen molar-refractivity contribution in [2.24, 2.45) is 0 Å². The van der Waals surface area contributed by atoms with E-state index in [4.69, 9.17) is 5.11 Å². The number of H-pyrrole nitrogens is 1. The first-order valence-corrected chi connectivity index (χ1v) is 4.15. The van der Waals surface area contributed by atoms with E-state index in [2.05, 4.69) is 15.3 Å². The van der Waals surface area contributed by atoms with Gasteiger partial charge in [0.1, 0.15) is 5.82 Å². The highest BCUT2D eigenvalue weighted by Gasteiger charge is 2.00. The molecule has 1 aromatic heterocycles. The SMILES string of the molecule is CC(CCO)NCc1ncc[nH]1. The molecule has 12 heavy (non-hydrogen) atoms. The van der Waals surface area contributed by atoms with Gasteiger partial charge in [-0.15, -0.1) is 0 Å². The van der Waals surface area contributed by atoms with Crippen molar-refractivity contribution in [2.45, 2.75) is 25.9 Å². The Morgan fingerprint density at radius 3 is 3.17 bits per heavy atom. The van der Waals surface area contributed by atoms with Crippen LogP contribution < -0.4 is 5.32 Å². The molecule has 0 spiro atoms. The smallest absolute Gasteiger partial charge is 0.120 e. The summed E-state index contributed by atoms with van der Waals surface area (Å²) in [7, 11) is 0. The normalized spacial score (nSPS) is 13.2. The molecule has 0 saturated heterocycles. The first-order chi connectivity index (χ1) is 5.83. The highest BCUT2D eigenvalue weighted by atomic mass is 16.3. The molecule has 0 aliphatic heterocycles. The van der Waals surface area contributed by atoms with Crippen molar-refractivity contribution in [3.8, 4) is 0 Å². The lowest BCUT2D eigenvalue weighted by Crippen LogP contribution is -2.26. The Morgan fingerprint density at radius 1 is 1.75 bits per heavy atom. The van der Waals surface area contributed by atoms with Crippen molar-refractivity contribution in [3.63, 3.8) is 0 Å². The van der Waals surface area contributed by atoms with Gasteiger partial charge in [-0.25, -0.2) is 4.98 Å².